The van der Waals surface area contributed by atoms with Gasteiger partial charge in [0.15, 0.2) is 11.2 Å². The van der Waals surface area contributed by atoms with Gasteiger partial charge in [-0.3, -0.25) is 9.78 Å². The lowest BCUT2D eigenvalue weighted by Crippen LogP contribution is -2.10. The van der Waals surface area contributed by atoms with E-state index in [0.717, 1.165) is 12.1 Å². The van der Waals surface area contributed by atoms with Crippen LogP contribution in [0.3, 0.4) is 0 Å². The maximum Gasteiger partial charge on any atom is 0.278 e. The van der Waals surface area contributed by atoms with E-state index in [1.165, 1.54) is 0 Å². The van der Waals surface area contributed by atoms with Gasteiger partial charge in [0.2, 0.25) is 5.95 Å². The number of hydrogen-bond donors (Lipinski definition) is 3. The average Bonchev–Trinajstić information content (AvgIpc) is 2.71. The first-order valence-corrected chi connectivity index (χ1v) is 6.15. The van der Waals surface area contributed by atoms with Crippen LogP contribution in [0.2, 0.25) is 0 Å². The van der Waals surface area contributed by atoms with Gasteiger partial charge in [0.05, 0.1) is 5.56 Å². The first-order valence-electron chi connectivity index (χ1n) is 5.36. The molecule has 0 amide bonds. The Hall–Kier alpha value is -2.29. The van der Waals surface area contributed by atoms with Crippen LogP contribution in [-0.2, 0) is 0 Å². The summed E-state index contributed by atoms with van der Waals surface area (Å²) in [6.07, 6.45) is 0. The molecule has 9 heteroatoms. The highest BCUT2D eigenvalue weighted by molar-refractivity contribution is 9.10. The zero-order valence-electron chi connectivity index (χ0n) is 9.67. The third-order valence-electron chi connectivity index (χ3n) is 2.62. The SMILES string of the molecule is Nc1nc2nc(-c3c(F)cc(Br)cc3F)[nH]c2c(=O)[nH]1. The highest BCUT2D eigenvalue weighted by Gasteiger charge is 2.18. The number of nitrogen functional groups attached to an aromatic ring is 1. The van der Waals surface area contributed by atoms with E-state index < -0.39 is 17.2 Å². The van der Waals surface area contributed by atoms with Gasteiger partial charge in [0, 0.05) is 4.47 Å². The number of nitrogens with zero attached hydrogens (tertiary/aromatic N) is 2. The first-order chi connectivity index (χ1) is 9.45. The molecule has 0 unspecified atom stereocenters. The van der Waals surface area contributed by atoms with E-state index in [1.54, 1.807) is 0 Å². The molecule has 0 fully saturated rings. The summed E-state index contributed by atoms with van der Waals surface area (Å²) >= 11 is 2.98. The Labute approximate surface area is 118 Å². The third-order valence-corrected chi connectivity index (χ3v) is 3.08. The van der Waals surface area contributed by atoms with E-state index in [-0.39, 0.29) is 33.0 Å². The minimum absolute atomic E-state index is 0.00378. The lowest BCUT2D eigenvalue weighted by molar-refractivity contribution is 0.586. The van der Waals surface area contributed by atoms with Crippen molar-refractivity contribution in [2.45, 2.75) is 0 Å². The molecule has 0 aliphatic heterocycles. The van der Waals surface area contributed by atoms with Crippen molar-refractivity contribution < 1.29 is 8.78 Å². The molecule has 0 aliphatic carbocycles. The summed E-state index contributed by atoms with van der Waals surface area (Å²) in [6.45, 7) is 0. The van der Waals surface area contributed by atoms with Crippen LogP contribution in [-0.4, -0.2) is 19.9 Å². The second-order valence-corrected chi connectivity index (χ2v) is 4.90. The number of nitrogens with two attached hydrogens (primary N) is 1. The van der Waals surface area contributed by atoms with E-state index in [2.05, 4.69) is 35.9 Å². The molecule has 0 atom stereocenters. The third kappa shape index (κ3) is 1.95. The lowest BCUT2D eigenvalue weighted by Gasteiger charge is -2.01. The standard InChI is InChI=1S/C11H6BrF2N5O/c12-3-1-4(13)6(5(14)2-3)8-16-7-9(17-8)18-11(15)19-10(7)20/h1-2H,(H4,15,16,17,18,19,20). The molecule has 0 spiro atoms. The molecule has 2 aromatic heterocycles. The fourth-order valence-electron chi connectivity index (χ4n) is 1.81. The molecule has 2 heterocycles. The van der Waals surface area contributed by atoms with Crippen LogP contribution in [0.25, 0.3) is 22.6 Å². The van der Waals surface area contributed by atoms with E-state index in [0.29, 0.717) is 0 Å². The smallest absolute Gasteiger partial charge is 0.278 e. The second-order valence-electron chi connectivity index (χ2n) is 3.98. The number of aromatic amines is 2. The van der Waals surface area contributed by atoms with Crippen LogP contribution in [0.5, 0.6) is 0 Å². The van der Waals surface area contributed by atoms with Crippen molar-refractivity contribution in [2.75, 3.05) is 5.73 Å². The molecule has 4 N–H and O–H groups in total. The summed E-state index contributed by atoms with van der Waals surface area (Å²) in [5.74, 6) is -1.90. The topological polar surface area (TPSA) is 100 Å². The van der Waals surface area contributed by atoms with Crippen molar-refractivity contribution in [1.82, 2.24) is 19.9 Å². The maximum atomic E-state index is 13.8. The van der Waals surface area contributed by atoms with Crippen molar-refractivity contribution in [3.05, 3.63) is 38.6 Å². The molecular formula is C11H6BrF2N5O. The minimum Gasteiger partial charge on any atom is -0.369 e. The van der Waals surface area contributed by atoms with Gasteiger partial charge in [0.25, 0.3) is 5.56 Å². The van der Waals surface area contributed by atoms with Crippen LogP contribution in [0.4, 0.5) is 14.7 Å². The zero-order chi connectivity index (χ0) is 14.4. The van der Waals surface area contributed by atoms with Crippen molar-refractivity contribution in [2.24, 2.45) is 0 Å². The number of H-pyrrole nitrogens is 2. The maximum absolute atomic E-state index is 13.8. The predicted molar refractivity (Wildman–Crippen MR) is 72.0 cm³/mol. The van der Waals surface area contributed by atoms with Crippen LogP contribution in [0.15, 0.2) is 21.4 Å². The van der Waals surface area contributed by atoms with Crippen LogP contribution >= 0.6 is 15.9 Å². The van der Waals surface area contributed by atoms with Gasteiger partial charge in [-0.05, 0) is 12.1 Å². The number of hydrogen-bond acceptors (Lipinski definition) is 4. The molecule has 0 saturated heterocycles. The number of aromatic nitrogens is 4. The fourth-order valence-corrected chi connectivity index (χ4v) is 2.21. The summed E-state index contributed by atoms with van der Waals surface area (Å²) in [5.41, 5.74) is 4.43. The van der Waals surface area contributed by atoms with Crippen molar-refractivity contribution in [3.63, 3.8) is 0 Å². The summed E-state index contributed by atoms with van der Waals surface area (Å²) in [6, 6.07) is 2.19. The van der Waals surface area contributed by atoms with Gasteiger partial charge in [-0.25, -0.2) is 13.8 Å². The molecule has 0 aliphatic rings. The molecule has 0 radical (unpaired) electrons. The van der Waals surface area contributed by atoms with Gasteiger partial charge in [0.1, 0.15) is 17.5 Å². The van der Waals surface area contributed by atoms with Crippen LogP contribution < -0.4 is 11.3 Å². The number of rotatable bonds is 1. The first kappa shape index (κ1) is 12.7. The Morgan fingerprint density at radius 2 is 1.80 bits per heavy atom. The average molecular weight is 342 g/mol. The zero-order valence-corrected chi connectivity index (χ0v) is 11.3. The summed E-state index contributed by atoms with van der Waals surface area (Å²) in [4.78, 5) is 24.1. The number of anilines is 1. The van der Waals surface area contributed by atoms with Gasteiger partial charge >= 0.3 is 0 Å². The molecule has 0 saturated carbocycles. The van der Waals surface area contributed by atoms with E-state index >= 15 is 0 Å². The molecule has 0 bridgehead atoms. The molecule has 6 nitrogen and oxygen atoms in total. The summed E-state index contributed by atoms with van der Waals surface area (Å²) in [7, 11) is 0. The number of benzene rings is 1. The highest BCUT2D eigenvalue weighted by atomic mass is 79.9. The normalized spacial score (nSPS) is 11.2. The predicted octanol–water partition coefficient (Wildman–Crippen LogP) is 1.94. The molecule has 102 valence electrons. The van der Waals surface area contributed by atoms with Crippen molar-refractivity contribution >= 4 is 33.0 Å². The highest BCUT2D eigenvalue weighted by Crippen LogP contribution is 2.27. The second kappa shape index (κ2) is 4.37. The summed E-state index contributed by atoms with van der Waals surface area (Å²) < 4.78 is 27.9. The van der Waals surface area contributed by atoms with Crippen LogP contribution in [0, 0.1) is 11.6 Å². The molecular weight excluding hydrogens is 336 g/mol. The van der Waals surface area contributed by atoms with E-state index in [4.69, 9.17) is 5.73 Å². The molecule has 3 rings (SSSR count). The Morgan fingerprint density at radius 1 is 1.15 bits per heavy atom. The van der Waals surface area contributed by atoms with Gasteiger partial charge in [-0.1, -0.05) is 15.9 Å². The lowest BCUT2D eigenvalue weighted by atomic mass is 10.2. The number of nitrogens with one attached hydrogen (secondary N) is 2. The minimum atomic E-state index is -0.819. The Kier molecular flexibility index (Phi) is 2.78. The largest absolute Gasteiger partial charge is 0.369 e. The van der Waals surface area contributed by atoms with E-state index in [9.17, 15) is 13.6 Å². The number of halogens is 3. The van der Waals surface area contributed by atoms with Crippen molar-refractivity contribution in [3.8, 4) is 11.4 Å². The van der Waals surface area contributed by atoms with Crippen molar-refractivity contribution in [1.29, 1.82) is 0 Å². The number of fused-ring (bicyclic) bond motifs is 1. The number of imidazole rings is 1. The Balaban J connectivity index is 2.31. The molecule has 20 heavy (non-hydrogen) atoms. The van der Waals surface area contributed by atoms with E-state index in [1.807, 2.05) is 0 Å². The summed E-state index contributed by atoms with van der Waals surface area (Å²) in [5, 5.41) is 0. The fraction of sp³-hybridized carbons (Fsp3) is 0. The molecule has 1 aromatic carbocycles. The van der Waals surface area contributed by atoms with Gasteiger partial charge < -0.3 is 10.7 Å². The van der Waals surface area contributed by atoms with Gasteiger partial charge in [-0.15, -0.1) is 0 Å². The quantitative estimate of drug-likeness (QED) is 0.629. The molecule has 3 aromatic rings. The van der Waals surface area contributed by atoms with Crippen LogP contribution in [0.1, 0.15) is 0 Å². The van der Waals surface area contributed by atoms with Gasteiger partial charge in [-0.2, -0.15) is 4.98 Å². The Bertz CT molecular complexity index is 865. The monoisotopic (exact) mass is 341 g/mol. The Morgan fingerprint density at radius 3 is 2.45 bits per heavy atom.